The molecule has 8 heteroatoms. The van der Waals surface area contributed by atoms with E-state index in [0.717, 1.165) is 22.0 Å². The second-order valence-electron chi connectivity index (χ2n) is 8.60. The number of hydrogen-bond donors (Lipinski definition) is 1. The van der Waals surface area contributed by atoms with Crippen molar-refractivity contribution in [1.29, 1.82) is 0 Å². The summed E-state index contributed by atoms with van der Waals surface area (Å²) in [5.74, 6) is 0.209. The third kappa shape index (κ3) is 4.10. The summed E-state index contributed by atoms with van der Waals surface area (Å²) >= 11 is 1.31. The van der Waals surface area contributed by atoms with Crippen LogP contribution in [0.3, 0.4) is 0 Å². The number of carbonyl (C=O) groups excluding carboxylic acids is 1. The summed E-state index contributed by atoms with van der Waals surface area (Å²) in [5, 5.41) is 1.03. The van der Waals surface area contributed by atoms with Crippen molar-refractivity contribution in [3.05, 3.63) is 96.8 Å². The van der Waals surface area contributed by atoms with Gasteiger partial charge in [0.05, 0.1) is 35.1 Å². The number of H-pyrrole nitrogens is 1. The molecule has 2 aromatic carbocycles. The number of fused-ring (bicyclic) bond motifs is 2. The van der Waals surface area contributed by atoms with Gasteiger partial charge in [-0.05, 0) is 50.6 Å². The number of esters is 1. The van der Waals surface area contributed by atoms with Crippen LogP contribution in [0.1, 0.15) is 37.9 Å². The average molecular weight is 488 g/mol. The first-order chi connectivity index (χ1) is 16.9. The molecule has 2 aromatic heterocycles. The van der Waals surface area contributed by atoms with Crippen molar-refractivity contribution in [3.8, 4) is 5.75 Å². The molecule has 1 N–H and O–H groups in total. The number of aromatic nitrogens is 2. The number of nitrogens with one attached hydrogen (secondary N) is 1. The Balaban J connectivity index is 1.72. The molecule has 4 aromatic rings. The van der Waals surface area contributed by atoms with Crippen LogP contribution in [-0.4, -0.2) is 28.7 Å². The number of para-hydroxylation sites is 1. The van der Waals surface area contributed by atoms with E-state index in [9.17, 15) is 9.59 Å². The Morgan fingerprint density at radius 1 is 1.17 bits per heavy atom. The molecule has 0 fully saturated rings. The third-order valence-electron chi connectivity index (χ3n) is 5.92. The van der Waals surface area contributed by atoms with Gasteiger partial charge < -0.3 is 14.5 Å². The molecule has 1 aliphatic rings. The highest BCUT2D eigenvalue weighted by Crippen LogP contribution is 2.32. The summed E-state index contributed by atoms with van der Waals surface area (Å²) in [4.78, 5) is 35.4. The first-order valence-corrected chi connectivity index (χ1v) is 12.1. The Morgan fingerprint density at radius 2 is 1.91 bits per heavy atom. The quantitative estimate of drug-likeness (QED) is 0.435. The third-order valence-corrected chi connectivity index (χ3v) is 6.91. The predicted octanol–water partition coefficient (Wildman–Crippen LogP) is 3.68. The van der Waals surface area contributed by atoms with E-state index in [-0.39, 0.29) is 11.7 Å². The molecule has 0 saturated heterocycles. The molecule has 178 valence electrons. The van der Waals surface area contributed by atoms with E-state index in [0.29, 0.717) is 26.4 Å². The van der Waals surface area contributed by atoms with Crippen molar-refractivity contribution in [2.75, 3.05) is 7.11 Å². The molecule has 1 aliphatic heterocycles. The number of benzene rings is 2. The molecule has 35 heavy (non-hydrogen) atoms. The van der Waals surface area contributed by atoms with Crippen molar-refractivity contribution in [2.24, 2.45) is 4.99 Å². The SMILES string of the molecule is COc1ccc([C@@H]2C(C(=O)OC(C)C)=C(C)N=c3s/c(=C/c4c[nH]c5ccccc45)c(=O)n32)cc1. The van der Waals surface area contributed by atoms with Crippen LogP contribution in [0.2, 0.25) is 0 Å². The first kappa shape index (κ1) is 22.9. The van der Waals surface area contributed by atoms with Gasteiger partial charge >= 0.3 is 5.97 Å². The summed E-state index contributed by atoms with van der Waals surface area (Å²) in [5.41, 5.74) is 3.38. The van der Waals surface area contributed by atoms with Crippen LogP contribution in [0.15, 0.2) is 75.8 Å². The number of nitrogens with zero attached hydrogens (tertiary/aromatic N) is 2. The minimum absolute atomic E-state index is 0.206. The largest absolute Gasteiger partial charge is 0.497 e. The van der Waals surface area contributed by atoms with Crippen molar-refractivity contribution >= 4 is 34.3 Å². The van der Waals surface area contributed by atoms with Gasteiger partial charge in [0.1, 0.15) is 5.75 Å². The van der Waals surface area contributed by atoms with Crippen molar-refractivity contribution in [2.45, 2.75) is 32.9 Å². The van der Waals surface area contributed by atoms with Crippen molar-refractivity contribution in [1.82, 2.24) is 9.55 Å². The van der Waals surface area contributed by atoms with Crippen LogP contribution >= 0.6 is 11.3 Å². The normalized spacial score (nSPS) is 15.9. The van der Waals surface area contributed by atoms with Gasteiger partial charge in [0.15, 0.2) is 4.80 Å². The highest BCUT2D eigenvalue weighted by atomic mass is 32.1. The maximum absolute atomic E-state index is 13.8. The molecule has 0 aliphatic carbocycles. The lowest BCUT2D eigenvalue weighted by atomic mass is 9.96. The molecule has 0 saturated carbocycles. The van der Waals surface area contributed by atoms with Crippen molar-refractivity contribution in [3.63, 3.8) is 0 Å². The topological polar surface area (TPSA) is 85.7 Å². The Kier molecular flexibility index (Phi) is 5.90. The lowest BCUT2D eigenvalue weighted by molar-refractivity contribution is -0.143. The Morgan fingerprint density at radius 3 is 2.63 bits per heavy atom. The summed E-state index contributed by atoms with van der Waals surface area (Å²) in [6.07, 6.45) is 3.46. The summed E-state index contributed by atoms with van der Waals surface area (Å²) in [6, 6.07) is 14.6. The Hall–Kier alpha value is -3.91. The van der Waals surface area contributed by atoms with Crippen LogP contribution in [0.5, 0.6) is 5.75 Å². The first-order valence-electron chi connectivity index (χ1n) is 11.3. The molecular formula is C27H25N3O4S. The molecule has 0 radical (unpaired) electrons. The van der Waals surface area contributed by atoms with Crippen LogP contribution in [0, 0.1) is 0 Å². The van der Waals surface area contributed by atoms with Gasteiger partial charge in [-0.15, -0.1) is 0 Å². The monoisotopic (exact) mass is 487 g/mol. The van der Waals surface area contributed by atoms with E-state index < -0.39 is 12.0 Å². The number of ether oxygens (including phenoxy) is 2. The van der Waals surface area contributed by atoms with Gasteiger partial charge in [-0.3, -0.25) is 9.36 Å². The Bertz CT molecular complexity index is 1640. The lowest BCUT2D eigenvalue weighted by Gasteiger charge is -2.25. The second kappa shape index (κ2) is 9.03. The van der Waals surface area contributed by atoms with E-state index in [1.165, 1.54) is 11.3 Å². The van der Waals surface area contributed by atoms with Crippen LogP contribution in [-0.2, 0) is 9.53 Å². The zero-order valence-corrected chi connectivity index (χ0v) is 20.7. The number of aromatic amines is 1. The number of thiazole rings is 1. The van der Waals surface area contributed by atoms with E-state index in [1.807, 2.05) is 60.8 Å². The fourth-order valence-electron chi connectivity index (χ4n) is 4.32. The predicted molar refractivity (Wildman–Crippen MR) is 136 cm³/mol. The van der Waals surface area contributed by atoms with Gasteiger partial charge in [-0.2, -0.15) is 0 Å². The van der Waals surface area contributed by atoms with Crippen LogP contribution < -0.4 is 19.6 Å². The number of hydrogen-bond acceptors (Lipinski definition) is 6. The zero-order valence-electron chi connectivity index (χ0n) is 19.9. The fourth-order valence-corrected chi connectivity index (χ4v) is 5.35. The highest BCUT2D eigenvalue weighted by Gasteiger charge is 2.33. The zero-order chi connectivity index (χ0) is 24.7. The van der Waals surface area contributed by atoms with Gasteiger partial charge in [-0.25, -0.2) is 9.79 Å². The van der Waals surface area contributed by atoms with E-state index in [4.69, 9.17) is 9.47 Å². The molecule has 0 unspecified atom stereocenters. The second-order valence-corrected chi connectivity index (χ2v) is 9.61. The molecule has 1 atom stereocenters. The van der Waals surface area contributed by atoms with Crippen LogP contribution in [0.25, 0.3) is 17.0 Å². The maximum atomic E-state index is 13.8. The molecular weight excluding hydrogens is 462 g/mol. The lowest BCUT2D eigenvalue weighted by Crippen LogP contribution is -2.40. The number of carbonyl (C=O) groups is 1. The molecule has 7 nitrogen and oxygen atoms in total. The van der Waals surface area contributed by atoms with Gasteiger partial charge in [0.2, 0.25) is 0 Å². The van der Waals surface area contributed by atoms with Gasteiger partial charge in [0, 0.05) is 22.7 Å². The maximum Gasteiger partial charge on any atom is 0.338 e. The minimum Gasteiger partial charge on any atom is -0.497 e. The van der Waals surface area contributed by atoms with Gasteiger partial charge in [-0.1, -0.05) is 41.7 Å². The summed E-state index contributed by atoms with van der Waals surface area (Å²) in [7, 11) is 1.60. The molecule has 0 amide bonds. The summed E-state index contributed by atoms with van der Waals surface area (Å²) in [6.45, 7) is 5.38. The Labute approximate surface area is 205 Å². The van der Waals surface area contributed by atoms with Crippen molar-refractivity contribution < 1.29 is 14.3 Å². The fraction of sp³-hybridized carbons (Fsp3) is 0.222. The standard InChI is InChI=1S/C27H25N3O4S/c1-15(2)34-26(32)23-16(3)29-27-30(24(23)17-9-11-19(33-4)12-10-17)25(31)22(35-27)13-18-14-28-21-8-6-5-7-20(18)21/h5-15,24,28H,1-4H3/b22-13+/t24-/m1/s1. The number of allylic oxidation sites excluding steroid dienone is 1. The molecule has 5 rings (SSSR count). The number of rotatable bonds is 5. The van der Waals surface area contributed by atoms with E-state index in [1.54, 1.807) is 32.4 Å². The highest BCUT2D eigenvalue weighted by molar-refractivity contribution is 7.07. The van der Waals surface area contributed by atoms with Crippen LogP contribution in [0.4, 0.5) is 0 Å². The molecule has 0 bridgehead atoms. The average Bonchev–Trinajstić information content (AvgIpc) is 3.38. The molecule has 0 spiro atoms. The minimum atomic E-state index is -0.659. The molecule has 3 heterocycles. The number of methoxy groups -OCH3 is 1. The smallest absolute Gasteiger partial charge is 0.338 e. The van der Waals surface area contributed by atoms with E-state index in [2.05, 4.69) is 9.98 Å². The van der Waals surface area contributed by atoms with Gasteiger partial charge in [0.25, 0.3) is 5.56 Å². The summed E-state index contributed by atoms with van der Waals surface area (Å²) < 4.78 is 13.0. The van der Waals surface area contributed by atoms with E-state index >= 15 is 0 Å².